The van der Waals surface area contributed by atoms with Crippen molar-refractivity contribution in [2.24, 2.45) is 5.73 Å². The highest BCUT2D eigenvalue weighted by Crippen LogP contribution is 2.32. The van der Waals surface area contributed by atoms with Crippen LogP contribution in [0.5, 0.6) is 0 Å². The number of alkyl halides is 4. The van der Waals surface area contributed by atoms with Gasteiger partial charge >= 0.3 is 6.18 Å². The minimum Gasteiger partial charge on any atom is -0.368 e. The van der Waals surface area contributed by atoms with Gasteiger partial charge in [0.25, 0.3) is 0 Å². The summed E-state index contributed by atoms with van der Waals surface area (Å²) in [5, 5.41) is 0. The topological polar surface area (TPSA) is 59.2 Å². The molecule has 8 heteroatoms. The number of carbonyl (C=O) groups is 1. The van der Waals surface area contributed by atoms with Gasteiger partial charge in [-0.2, -0.15) is 13.2 Å². The normalized spacial score (nSPS) is 23.7. The van der Waals surface area contributed by atoms with Crippen molar-refractivity contribution in [3.8, 4) is 0 Å². The number of hydrogen-bond donors (Lipinski definition) is 1. The lowest BCUT2D eigenvalue weighted by Gasteiger charge is -2.24. The van der Waals surface area contributed by atoms with Crippen LogP contribution >= 0.6 is 0 Å². The molecule has 1 aliphatic heterocycles. The number of halogens is 4. The predicted molar refractivity (Wildman–Crippen MR) is 59.1 cm³/mol. The van der Waals surface area contributed by atoms with Crippen LogP contribution < -0.4 is 10.6 Å². The average molecular weight is 277 g/mol. The Labute approximate surface area is 106 Å². The first-order chi connectivity index (χ1) is 8.79. The van der Waals surface area contributed by atoms with Gasteiger partial charge < -0.3 is 10.6 Å². The summed E-state index contributed by atoms with van der Waals surface area (Å²) in [5.41, 5.74) is 4.13. The number of amides is 1. The number of nitrogens with two attached hydrogens (primary N) is 1. The Kier molecular flexibility index (Phi) is 3.34. The highest BCUT2D eigenvalue weighted by atomic mass is 19.4. The fraction of sp³-hybridized carbons (Fsp3) is 0.455. The predicted octanol–water partition coefficient (Wildman–Crippen LogP) is 1.50. The molecule has 0 radical (unpaired) electrons. The van der Waals surface area contributed by atoms with Gasteiger partial charge in [-0.3, -0.25) is 9.78 Å². The molecule has 1 aromatic heterocycles. The van der Waals surface area contributed by atoms with Crippen LogP contribution in [0.25, 0.3) is 0 Å². The molecule has 1 fully saturated rings. The molecule has 1 amide bonds. The van der Waals surface area contributed by atoms with Gasteiger partial charge in [-0.25, -0.2) is 4.39 Å². The lowest BCUT2D eigenvalue weighted by molar-refractivity contribution is -0.141. The maximum Gasteiger partial charge on any atom is 0.433 e. The van der Waals surface area contributed by atoms with E-state index in [-0.39, 0.29) is 18.7 Å². The Hall–Kier alpha value is -1.86. The number of rotatable bonds is 2. The summed E-state index contributed by atoms with van der Waals surface area (Å²) >= 11 is 0. The summed E-state index contributed by atoms with van der Waals surface area (Å²) in [6.45, 7) is -0.158. The van der Waals surface area contributed by atoms with Crippen LogP contribution in [0, 0.1) is 0 Å². The summed E-state index contributed by atoms with van der Waals surface area (Å²) in [7, 11) is 0. The molecule has 4 nitrogen and oxygen atoms in total. The third-order valence-electron chi connectivity index (χ3n) is 2.94. The maximum atomic E-state index is 13.3. The SMILES string of the molecule is NC(=O)[C@@H]1C[C@@H](F)CN1c1ccnc(C(F)(F)F)c1. The van der Waals surface area contributed by atoms with Crippen molar-refractivity contribution in [2.45, 2.75) is 24.8 Å². The number of pyridine rings is 1. The first kappa shape index (κ1) is 13.6. The second kappa shape index (κ2) is 4.67. The van der Waals surface area contributed by atoms with Crippen LogP contribution in [0.1, 0.15) is 12.1 Å². The second-order valence-electron chi connectivity index (χ2n) is 4.30. The van der Waals surface area contributed by atoms with Crippen molar-refractivity contribution >= 4 is 11.6 Å². The fourth-order valence-corrected chi connectivity index (χ4v) is 2.09. The lowest BCUT2D eigenvalue weighted by atomic mass is 10.2. The van der Waals surface area contributed by atoms with Gasteiger partial charge in [0.05, 0.1) is 6.54 Å². The van der Waals surface area contributed by atoms with Crippen LogP contribution in [0.3, 0.4) is 0 Å². The largest absolute Gasteiger partial charge is 0.433 e. The zero-order chi connectivity index (χ0) is 14.2. The number of primary amides is 1. The molecule has 2 N–H and O–H groups in total. The van der Waals surface area contributed by atoms with E-state index in [9.17, 15) is 22.4 Å². The van der Waals surface area contributed by atoms with E-state index in [2.05, 4.69) is 4.98 Å². The van der Waals surface area contributed by atoms with Crippen LogP contribution in [-0.4, -0.2) is 29.6 Å². The Morgan fingerprint density at radius 1 is 1.47 bits per heavy atom. The number of aromatic nitrogens is 1. The first-order valence-electron chi connectivity index (χ1n) is 5.52. The molecule has 0 aliphatic carbocycles. The molecule has 0 aromatic carbocycles. The lowest BCUT2D eigenvalue weighted by Crippen LogP contribution is -2.40. The molecule has 19 heavy (non-hydrogen) atoms. The van der Waals surface area contributed by atoms with Gasteiger partial charge in [-0.05, 0) is 12.1 Å². The van der Waals surface area contributed by atoms with Crippen LogP contribution in [-0.2, 0) is 11.0 Å². The average Bonchev–Trinajstić information content (AvgIpc) is 2.71. The van der Waals surface area contributed by atoms with Crippen molar-refractivity contribution in [3.05, 3.63) is 24.0 Å². The molecule has 0 spiro atoms. The number of carbonyl (C=O) groups excluding carboxylic acids is 1. The van der Waals surface area contributed by atoms with Crippen molar-refractivity contribution in [1.82, 2.24) is 4.98 Å². The first-order valence-corrected chi connectivity index (χ1v) is 5.52. The summed E-state index contributed by atoms with van der Waals surface area (Å²) < 4.78 is 50.9. The monoisotopic (exact) mass is 277 g/mol. The van der Waals surface area contributed by atoms with E-state index in [1.54, 1.807) is 0 Å². The summed E-state index contributed by atoms with van der Waals surface area (Å²) in [6.07, 6.45) is -5.02. The van der Waals surface area contributed by atoms with Gasteiger partial charge in [0.15, 0.2) is 0 Å². The molecule has 2 heterocycles. The Morgan fingerprint density at radius 2 is 2.16 bits per heavy atom. The Morgan fingerprint density at radius 3 is 2.74 bits per heavy atom. The van der Waals surface area contributed by atoms with E-state index in [4.69, 9.17) is 5.73 Å². The standard InChI is InChI=1S/C11H11F4N3O/c12-6-3-8(10(16)19)18(5-6)7-1-2-17-9(4-7)11(13,14)15/h1-2,4,6,8H,3,5H2,(H2,16,19)/t6-,8+/m1/s1. The number of hydrogen-bond acceptors (Lipinski definition) is 3. The summed E-state index contributed by atoms with van der Waals surface area (Å²) in [5.74, 6) is -0.759. The molecule has 104 valence electrons. The fourth-order valence-electron chi connectivity index (χ4n) is 2.09. The zero-order valence-corrected chi connectivity index (χ0v) is 9.69. The maximum absolute atomic E-state index is 13.3. The minimum atomic E-state index is -4.59. The molecule has 0 saturated carbocycles. The Bertz CT molecular complexity index is 491. The smallest absolute Gasteiger partial charge is 0.368 e. The van der Waals surface area contributed by atoms with Gasteiger partial charge in [0.2, 0.25) is 5.91 Å². The van der Waals surface area contributed by atoms with Gasteiger partial charge in [0.1, 0.15) is 17.9 Å². The van der Waals surface area contributed by atoms with Crippen LogP contribution in [0.4, 0.5) is 23.2 Å². The van der Waals surface area contributed by atoms with E-state index in [1.165, 1.54) is 11.0 Å². The number of nitrogens with zero attached hydrogens (tertiary/aromatic N) is 2. The molecule has 2 rings (SSSR count). The highest BCUT2D eigenvalue weighted by Gasteiger charge is 2.38. The van der Waals surface area contributed by atoms with Crippen molar-refractivity contribution in [3.63, 3.8) is 0 Å². The van der Waals surface area contributed by atoms with E-state index >= 15 is 0 Å². The quantitative estimate of drug-likeness (QED) is 0.833. The van der Waals surface area contributed by atoms with Crippen molar-refractivity contribution in [2.75, 3.05) is 11.4 Å². The van der Waals surface area contributed by atoms with Gasteiger partial charge in [0, 0.05) is 18.3 Å². The summed E-state index contributed by atoms with van der Waals surface area (Å²) in [4.78, 5) is 15.6. The third-order valence-corrected chi connectivity index (χ3v) is 2.94. The molecule has 1 saturated heterocycles. The molecule has 2 atom stereocenters. The highest BCUT2D eigenvalue weighted by molar-refractivity contribution is 5.84. The second-order valence-corrected chi connectivity index (χ2v) is 4.30. The molecule has 1 aromatic rings. The van der Waals surface area contributed by atoms with E-state index < -0.39 is 30.0 Å². The van der Waals surface area contributed by atoms with Crippen LogP contribution in [0.15, 0.2) is 18.3 Å². The molecule has 1 aliphatic rings. The number of anilines is 1. The molecular weight excluding hydrogens is 266 g/mol. The van der Waals surface area contributed by atoms with Gasteiger partial charge in [-0.15, -0.1) is 0 Å². The molecular formula is C11H11F4N3O. The molecule has 0 bridgehead atoms. The molecule has 0 unspecified atom stereocenters. The van der Waals surface area contributed by atoms with Crippen molar-refractivity contribution < 1.29 is 22.4 Å². The Balaban J connectivity index is 2.33. The van der Waals surface area contributed by atoms with E-state index in [1.807, 2.05) is 0 Å². The van der Waals surface area contributed by atoms with E-state index in [0.29, 0.717) is 0 Å². The summed E-state index contributed by atoms with van der Waals surface area (Å²) in [6, 6.07) is 1.15. The zero-order valence-electron chi connectivity index (χ0n) is 9.69. The van der Waals surface area contributed by atoms with E-state index in [0.717, 1.165) is 12.3 Å². The van der Waals surface area contributed by atoms with Crippen LogP contribution in [0.2, 0.25) is 0 Å². The van der Waals surface area contributed by atoms with Crippen molar-refractivity contribution in [1.29, 1.82) is 0 Å². The third kappa shape index (κ3) is 2.77. The van der Waals surface area contributed by atoms with Gasteiger partial charge in [-0.1, -0.05) is 0 Å². The minimum absolute atomic E-state index is 0.0891.